The van der Waals surface area contributed by atoms with Gasteiger partial charge in [-0.25, -0.2) is 4.68 Å². The van der Waals surface area contributed by atoms with Crippen LogP contribution in [0.2, 0.25) is 0 Å². The molecule has 0 bridgehead atoms. The molecule has 1 aliphatic rings. The number of anilines is 1. The molecule has 1 saturated heterocycles. The van der Waals surface area contributed by atoms with Crippen molar-refractivity contribution in [2.75, 3.05) is 31.1 Å². The minimum absolute atomic E-state index is 0.101. The van der Waals surface area contributed by atoms with E-state index in [0.29, 0.717) is 0 Å². The van der Waals surface area contributed by atoms with Gasteiger partial charge >= 0.3 is 0 Å². The maximum Gasteiger partial charge on any atom is 0.168 e. The number of rotatable bonds is 5. The molecule has 6 heteroatoms. The maximum absolute atomic E-state index is 4.40. The van der Waals surface area contributed by atoms with Crippen molar-refractivity contribution < 1.29 is 0 Å². The van der Waals surface area contributed by atoms with E-state index in [9.17, 15) is 0 Å². The van der Waals surface area contributed by atoms with Gasteiger partial charge in [-0.15, -0.1) is 5.10 Å². The molecule has 0 saturated carbocycles. The van der Waals surface area contributed by atoms with Gasteiger partial charge in [-0.05, 0) is 49.8 Å². The van der Waals surface area contributed by atoms with Crippen LogP contribution < -0.4 is 4.90 Å². The minimum atomic E-state index is -0.101. The van der Waals surface area contributed by atoms with Crippen LogP contribution in [0.25, 0.3) is 0 Å². The quantitative estimate of drug-likeness (QED) is 0.836. The molecule has 2 aromatic rings. The largest absolute Gasteiger partial charge is 0.369 e. The third-order valence-corrected chi connectivity index (χ3v) is 4.87. The van der Waals surface area contributed by atoms with Gasteiger partial charge in [0.2, 0.25) is 0 Å². The molecule has 3 rings (SSSR count). The van der Waals surface area contributed by atoms with Crippen LogP contribution in [0.15, 0.2) is 30.3 Å². The van der Waals surface area contributed by atoms with E-state index in [4.69, 9.17) is 0 Å². The first-order valence-corrected chi connectivity index (χ1v) is 9.33. The normalized spacial score (nSPS) is 17.7. The zero-order valence-corrected chi connectivity index (χ0v) is 15.9. The van der Waals surface area contributed by atoms with Crippen LogP contribution in [-0.2, 0) is 5.54 Å². The Morgan fingerprint density at radius 1 is 1.04 bits per heavy atom. The highest BCUT2D eigenvalue weighted by Gasteiger charge is 2.31. The number of tetrazole rings is 1. The van der Waals surface area contributed by atoms with Crippen molar-refractivity contribution in [2.24, 2.45) is 0 Å². The molecule has 1 atom stereocenters. The summed E-state index contributed by atoms with van der Waals surface area (Å²) in [5, 5.41) is 12.6. The lowest BCUT2D eigenvalue weighted by Gasteiger charge is -2.40. The first-order chi connectivity index (χ1) is 12.0. The molecule has 6 nitrogen and oxygen atoms in total. The average molecular weight is 342 g/mol. The molecule has 0 N–H and O–H groups in total. The van der Waals surface area contributed by atoms with Crippen LogP contribution in [0.3, 0.4) is 0 Å². The Kier molecular flexibility index (Phi) is 5.37. The minimum Gasteiger partial charge on any atom is -0.369 e. The van der Waals surface area contributed by atoms with Crippen LogP contribution in [0.4, 0.5) is 5.69 Å². The van der Waals surface area contributed by atoms with Crippen molar-refractivity contribution in [3.05, 3.63) is 36.2 Å². The molecular weight excluding hydrogens is 312 g/mol. The van der Waals surface area contributed by atoms with Gasteiger partial charge in [-0.1, -0.05) is 31.5 Å². The van der Waals surface area contributed by atoms with E-state index in [0.717, 1.165) is 44.8 Å². The number of piperazine rings is 1. The average Bonchev–Trinajstić information content (AvgIpc) is 3.10. The second kappa shape index (κ2) is 7.52. The van der Waals surface area contributed by atoms with E-state index in [1.165, 1.54) is 5.69 Å². The molecule has 0 amide bonds. The Balaban J connectivity index is 1.74. The summed E-state index contributed by atoms with van der Waals surface area (Å²) in [6.07, 6.45) is 2.21. The number of aromatic nitrogens is 4. The lowest BCUT2D eigenvalue weighted by molar-refractivity contribution is 0.156. The molecule has 0 radical (unpaired) electrons. The van der Waals surface area contributed by atoms with Gasteiger partial charge in [0.05, 0.1) is 11.6 Å². The van der Waals surface area contributed by atoms with Gasteiger partial charge in [0.25, 0.3) is 0 Å². The van der Waals surface area contributed by atoms with Crippen LogP contribution in [0.5, 0.6) is 0 Å². The molecule has 0 aliphatic carbocycles. The molecule has 1 aromatic carbocycles. The molecule has 136 valence electrons. The van der Waals surface area contributed by atoms with Gasteiger partial charge in [-0.2, -0.15) is 0 Å². The zero-order chi connectivity index (χ0) is 17.9. The lowest BCUT2D eigenvalue weighted by atomic mass is 10.0. The molecule has 1 aromatic heterocycles. The fraction of sp³-hybridized carbons (Fsp3) is 0.632. The van der Waals surface area contributed by atoms with E-state index in [1.807, 2.05) is 4.68 Å². The first-order valence-electron chi connectivity index (χ1n) is 9.33. The van der Waals surface area contributed by atoms with Gasteiger partial charge in [0.15, 0.2) is 5.82 Å². The summed E-state index contributed by atoms with van der Waals surface area (Å²) in [4.78, 5) is 5.02. The Bertz CT molecular complexity index is 652. The Morgan fingerprint density at radius 3 is 2.32 bits per heavy atom. The predicted octanol–water partition coefficient (Wildman–Crippen LogP) is 3.09. The standard InChI is InChI=1S/C19H30N6/c1-5-9-17(18-20-21-22-25(18)19(2,3)4)24-14-12-23(13-15-24)16-10-7-6-8-11-16/h6-8,10-11,17H,5,9,12-15H2,1-4H3/t17-/m0/s1. The number of hydrogen-bond donors (Lipinski definition) is 0. The maximum atomic E-state index is 4.40. The fourth-order valence-electron chi connectivity index (χ4n) is 3.56. The predicted molar refractivity (Wildman–Crippen MR) is 101 cm³/mol. The number of nitrogens with zero attached hydrogens (tertiary/aromatic N) is 6. The van der Waals surface area contributed by atoms with E-state index in [-0.39, 0.29) is 11.6 Å². The van der Waals surface area contributed by atoms with Crippen LogP contribution in [0.1, 0.15) is 52.4 Å². The molecule has 0 spiro atoms. The molecular formula is C19H30N6. The van der Waals surface area contributed by atoms with Crippen molar-refractivity contribution in [1.82, 2.24) is 25.1 Å². The number of benzene rings is 1. The molecule has 2 heterocycles. The fourth-order valence-corrected chi connectivity index (χ4v) is 3.56. The molecule has 25 heavy (non-hydrogen) atoms. The highest BCUT2D eigenvalue weighted by atomic mass is 15.6. The Hall–Kier alpha value is -1.95. The van der Waals surface area contributed by atoms with Crippen LogP contribution in [-0.4, -0.2) is 51.3 Å². The lowest BCUT2D eigenvalue weighted by Crippen LogP contribution is -2.48. The van der Waals surface area contributed by atoms with Crippen molar-refractivity contribution >= 4 is 5.69 Å². The summed E-state index contributed by atoms with van der Waals surface area (Å²) in [5.74, 6) is 1.00. The topological polar surface area (TPSA) is 50.1 Å². The van der Waals surface area contributed by atoms with Gasteiger partial charge in [-0.3, -0.25) is 4.90 Å². The van der Waals surface area contributed by atoms with E-state index >= 15 is 0 Å². The van der Waals surface area contributed by atoms with Gasteiger partial charge in [0.1, 0.15) is 0 Å². The Morgan fingerprint density at radius 2 is 1.72 bits per heavy atom. The summed E-state index contributed by atoms with van der Waals surface area (Å²) in [6, 6.07) is 11.0. The highest BCUT2D eigenvalue weighted by Crippen LogP contribution is 2.28. The van der Waals surface area contributed by atoms with Crippen molar-refractivity contribution in [3.8, 4) is 0 Å². The summed E-state index contributed by atoms with van der Waals surface area (Å²) < 4.78 is 2.00. The van der Waals surface area contributed by atoms with E-state index in [2.05, 4.69) is 83.4 Å². The summed E-state index contributed by atoms with van der Waals surface area (Å²) in [5.41, 5.74) is 1.21. The van der Waals surface area contributed by atoms with E-state index < -0.39 is 0 Å². The van der Waals surface area contributed by atoms with Crippen molar-refractivity contribution in [1.29, 1.82) is 0 Å². The van der Waals surface area contributed by atoms with Gasteiger partial charge in [0, 0.05) is 31.9 Å². The van der Waals surface area contributed by atoms with Gasteiger partial charge < -0.3 is 4.90 Å². The second-order valence-corrected chi connectivity index (χ2v) is 7.78. The van der Waals surface area contributed by atoms with Crippen LogP contribution in [0, 0.1) is 0 Å². The SMILES string of the molecule is CCC[C@@H](c1nnnn1C(C)(C)C)N1CCN(c2ccccc2)CC1. The smallest absolute Gasteiger partial charge is 0.168 e. The highest BCUT2D eigenvalue weighted by molar-refractivity contribution is 5.46. The summed E-state index contributed by atoms with van der Waals surface area (Å²) in [7, 11) is 0. The Labute approximate surface area is 150 Å². The third kappa shape index (κ3) is 4.00. The van der Waals surface area contributed by atoms with Crippen LogP contribution >= 0.6 is 0 Å². The molecule has 1 aliphatic heterocycles. The molecule has 1 fully saturated rings. The summed E-state index contributed by atoms with van der Waals surface area (Å²) in [6.45, 7) is 12.9. The van der Waals surface area contributed by atoms with Crippen molar-refractivity contribution in [2.45, 2.75) is 52.1 Å². The third-order valence-electron chi connectivity index (χ3n) is 4.87. The van der Waals surface area contributed by atoms with Crippen molar-refractivity contribution in [3.63, 3.8) is 0 Å². The number of hydrogen-bond acceptors (Lipinski definition) is 5. The number of para-hydroxylation sites is 1. The molecule has 0 unspecified atom stereocenters. The van der Waals surface area contributed by atoms with E-state index in [1.54, 1.807) is 0 Å². The first kappa shape index (κ1) is 17.9. The monoisotopic (exact) mass is 342 g/mol. The zero-order valence-electron chi connectivity index (χ0n) is 15.9. The summed E-state index contributed by atoms with van der Waals surface area (Å²) >= 11 is 0. The second-order valence-electron chi connectivity index (χ2n) is 7.78.